The van der Waals surface area contributed by atoms with Gasteiger partial charge in [0.15, 0.2) is 0 Å². The van der Waals surface area contributed by atoms with Crippen molar-refractivity contribution in [3.63, 3.8) is 0 Å². The lowest BCUT2D eigenvalue weighted by Gasteiger charge is -2.39. The van der Waals surface area contributed by atoms with Crippen molar-refractivity contribution in [2.75, 3.05) is 57.2 Å². The molecular formula is C17H22F3N3O3. The molecule has 1 aromatic rings. The summed E-state index contributed by atoms with van der Waals surface area (Å²) >= 11 is 0. The molecule has 0 saturated carbocycles. The van der Waals surface area contributed by atoms with Crippen molar-refractivity contribution in [3.05, 3.63) is 23.8 Å². The third-order valence-electron chi connectivity index (χ3n) is 4.65. The number of rotatable bonds is 2. The SMILES string of the molecule is CN(C)c1ccc(C(F)(F)F)cc1NC(=O)N1CCO[C@]2(CCOC2)C1. The molecule has 0 radical (unpaired) electrons. The van der Waals surface area contributed by atoms with E-state index in [-0.39, 0.29) is 5.69 Å². The molecule has 26 heavy (non-hydrogen) atoms. The first-order valence-corrected chi connectivity index (χ1v) is 8.36. The van der Waals surface area contributed by atoms with E-state index in [2.05, 4.69) is 5.32 Å². The van der Waals surface area contributed by atoms with Gasteiger partial charge in [0.2, 0.25) is 0 Å². The van der Waals surface area contributed by atoms with Crippen molar-refractivity contribution < 1.29 is 27.4 Å². The molecule has 2 fully saturated rings. The van der Waals surface area contributed by atoms with E-state index in [9.17, 15) is 18.0 Å². The standard InChI is InChI=1S/C17H22F3N3O3/c1-22(2)14-4-3-12(17(18,19)20)9-13(14)21-15(24)23-6-8-26-16(10-23)5-7-25-11-16/h3-4,9H,5-8,10-11H2,1-2H3,(H,21,24)/t16-/m1/s1. The summed E-state index contributed by atoms with van der Waals surface area (Å²) in [4.78, 5) is 15.9. The number of urea groups is 1. The van der Waals surface area contributed by atoms with Crippen LogP contribution in [-0.2, 0) is 15.7 Å². The Balaban J connectivity index is 1.79. The van der Waals surface area contributed by atoms with E-state index in [1.165, 1.54) is 6.07 Å². The monoisotopic (exact) mass is 373 g/mol. The third-order valence-corrected chi connectivity index (χ3v) is 4.65. The summed E-state index contributed by atoms with van der Waals surface area (Å²) in [5.74, 6) is 0. The van der Waals surface area contributed by atoms with Gasteiger partial charge in [-0.25, -0.2) is 4.79 Å². The largest absolute Gasteiger partial charge is 0.416 e. The summed E-state index contributed by atoms with van der Waals surface area (Å²) in [5, 5.41) is 2.63. The molecule has 6 nitrogen and oxygen atoms in total. The number of carbonyl (C=O) groups excluding carboxylic acids is 1. The quantitative estimate of drug-likeness (QED) is 0.866. The summed E-state index contributed by atoms with van der Waals surface area (Å²) < 4.78 is 50.2. The number of benzene rings is 1. The van der Waals surface area contributed by atoms with Gasteiger partial charge in [-0.15, -0.1) is 0 Å². The minimum atomic E-state index is -4.48. The molecule has 2 aliphatic rings. The fraction of sp³-hybridized carbons (Fsp3) is 0.588. The van der Waals surface area contributed by atoms with Crippen molar-refractivity contribution in [1.82, 2.24) is 4.90 Å². The molecular weight excluding hydrogens is 351 g/mol. The number of hydrogen-bond acceptors (Lipinski definition) is 4. The van der Waals surface area contributed by atoms with Crippen LogP contribution in [0.5, 0.6) is 0 Å². The highest BCUT2D eigenvalue weighted by Gasteiger charge is 2.42. The maximum Gasteiger partial charge on any atom is 0.416 e. The van der Waals surface area contributed by atoms with Crippen LogP contribution in [0.2, 0.25) is 0 Å². The molecule has 2 heterocycles. The average molecular weight is 373 g/mol. The van der Waals surface area contributed by atoms with E-state index in [1.54, 1.807) is 23.9 Å². The molecule has 0 aromatic heterocycles. The molecule has 1 atom stereocenters. The summed E-state index contributed by atoms with van der Waals surface area (Å²) in [6, 6.07) is 2.87. The minimum absolute atomic E-state index is 0.123. The van der Waals surface area contributed by atoms with Crippen LogP contribution >= 0.6 is 0 Å². The summed E-state index contributed by atoms with van der Waals surface area (Å²) in [6.07, 6.45) is -3.78. The van der Waals surface area contributed by atoms with Crippen molar-refractivity contribution in [2.45, 2.75) is 18.2 Å². The van der Waals surface area contributed by atoms with Crippen molar-refractivity contribution in [2.24, 2.45) is 0 Å². The second kappa shape index (κ2) is 6.96. The molecule has 144 valence electrons. The van der Waals surface area contributed by atoms with E-state index in [1.807, 2.05) is 0 Å². The van der Waals surface area contributed by atoms with Gasteiger partial charge in [-0.2, -0.15) is 13.2 Å². The number of nitrogens with one attached hydrogen (secondary N) is 1. The fourth-order valence-electron chi connectivity index (χ4n) is 3.24. The molecule has 0 unspecified atom stereocenters. The van der Waals surface area contributed by atoms with Crippen LogP contribution in [0.4, 0.5) is 29.3 Å². The Bertz CT molecular complexity index is 673. The van der Waals surface area contributed by atoms with Gasteiger partial charge in [0.25, 0.3) is 0 Å². The first-order chi connectivity index (χ1) is 12.2. The molecule has 3 rings (SSSR count). The highest BCUT2D eigenvalue weighted by atomic mass is 19.4. The number of alkyl halides is 3. The van der Waals surface area contributed by atoms with Crippen LogP contribution in [0.3, 0.4) is 0 Å². The first kappa shape index (κ1) is 18.8. The maximum absolute atomic E-state index is 13.0. The van der Waals surface area contributed by atoms with Crippen LogP contribution in [0.1, 0.15) is 12.0 Å². The lowest BCUT2D eigenvalue weighted by atomic mass is 10.0. The Hall–Kier alpha value is -2.00. The number of morpholine rings is 1. The number of amides is 2. The average Bonchev–Trinajstić information content (AvgIpc) is 3.01. The fourth-order valence-corrected chi connectivity index (χ4v) is 3.24. The van der Waals surface area contributed by atoms with Gasteiger partial charge in [0, 0.05) is 33.7 Å². The predicted molar refractivity (Wildman–Crippen MR) is 90.5 cm³/mol. The second-order valence-electron chi connectivity index (χ2n) is 6.81. The number of anilines is 2. The number of nitrogens with zero attached hydrogens (tertiary/aromatic N) is 2. The predicted octanol–water partition coefficient (Wildman–Crippen LogP) is 2.79. The zero-order valence-electron chi connectivity index (χ0n) is 14.7. The topological polar surface area (TPSA) is 54.0 Å². The molecule has 2 saturated heterocycles. The van der Waals surface area contributed by atoms with Gasteiger partial charge in [-0.3, -0.25) is 0 Å². The van der Waals surface area contributed by atoms with E-state index >= 15 is 0 Å². The first-order valence-electron chi connectivity index (χ1n) is 8.36. The van der Waals surface area contributed by atoms with Crippen molar-refractivity contribution in [3.8, 4) is 0 Å². The van der Waals surface area contributed by atoms with Gasteiger partial charge < -0.3 is 24.6 Å². The van der Waals surface area contributed by atoms with Crippen molar-refractivity contribution >= 4 is 17.4 Å². The zero-order chi connectivity index (χ0) is 18.9. The van der Waals surface area contributed by atoms with Crippen molar-refractivity contribution in [1.29, 1.82) is 0 Å². The van der Waals surface area contributed by atoms with Gasteiger partial charge in [0.1, 0.15) is 5.60 Å². The highest BCUT2D eigenvalue weighted by Crippen LogP contribution is 2.35. The van der Waals surface area contributed by atoms with Gasteiger partial charge in [0.05, 0.1) is 36.7 Å². The summed E-state index contributed by atoms with van der Waals surface area (Å²) in [7, 11) is 3.41. The Morgan fingerprint density at radius 3 is 2.69 bits per heavy atom. The molecule has 0 bridgehead atoms. The van der Waals surface area contributed by atoms with E-state index in [0.29, 0.717) is 45.0 Å². The molecule has 0 aliphatic carbocycles. The number of hydrogen-bond donors (Lipinski definition) is 1. The lowest BCUT2D eigenvalue weighted by Crippen LogP contribution is -2.55. The van der Waals surface area contributed by atoms with E-state index in [4.69, 9.17) is 9.47 Å². The number of halogens is 3. The number of carbonyl (C=O) groups is 1. The van der Waals surface area contributed by atoms with E-state index in [0.717, 1.165) is 12.1 Å². The molecule has 2 amide bonds. The Labute approximate surface area is 149 Å². The molecule has 1 N–H and O–H groups in total. The van der Waals surface area contributed by atoms with E-state index < -0.39 is 23.4 Å². The third kappa shape index (κ3) is 3.88. The Morgan fingerprint density at radius 2 is 2.08 bits per heavy atom. The maximum atomic E-state index is 13.0. The normalized spacial score (nSPS) is 23.3. The lowest BCUT2D eigenvalue weighted by molar-refractivity contribution is -0.137. The van der Waals surface area contributed by atoms with Crippen LogP contribution in [-0.4, -0.2) is 63.5 Å². The second-order valence-corrected chi connectivity index (χ2v) is 6.81. The molecule has 9 heteroatoms. The van der Waals surface area contributed by atoms with Crippen LogP contribution < -0.4 is 10.2 Å². The minimum Gasteiger partial charge on any atom is -0.378 e. The molecule has 2 aliphatic heterocycles. The Morgan fingerprint density at radius 1 is 1.31 bits per heavy atom. The zero-order valence-corrected chi connectivity index (χ0v) is 14.7. The number of ether oxygens (including phenoxy) is 2. The van der Waals surface area contributed by atoms with Gasteiger partial charge in [-0.1, -0.05) is 0 Å². The van der Waals surface area contributed by atoms with Gasteiger partial charge >= 0.3 is 12.2 Å². The highest BCUT2D eigenvalue weighted by molar-refractivity contribution is 5.93. The summed E-state index contributed by atoms with van der Waals surface area (Å²) in [6.45, 7) is 2.11. The van der Waals surface area contributed by atoms with Crippen LogP contribution in [0, 0.1) is 0 Å². The van der Waals surface area contributed by atoms with Crippen LogP contribution in [0.25, 0.3) is 0 Å². The van der Waals surface area contributed by atoms with Crippen LogP contribution in [0.15, 0.2) is 18.2 Å². The van der Waals surface area contributed by atoms with Gasteiger partial charge in [-0.05, 0) is 18.2 Å². The Kier molecular flexibility index (Phi) is 5.03. The smallest absolute Gasteiger partial charge is 0.378 e. The summed E-state index contributed by atoms with van der Waals surface area (Å²) in [5.41, 5.74) is -0.689. The molecule has 1 aromatic carbocycles. The molecule has 1 spiro atoms.